The zero-order valence-electron chi connectivity index (χ0n) is 11.6. The van der Waals surface area contributed by atoms with Crippen LogP contribution in [-0.4, -0.2) is 10.9 Å². The first-order valence-corrected chi connectivity index (χ1v) is 6.53. The van der Waals surface area contributed by atoms with E-state index in [1.165, 1.54) is 12.1 Å². The van der Waals surface area contributed by atoms with Crippen molar-refractivity contribution in [1.29, 1.82) is 0 Å². The summed E-state index contributed by atoms with van der Waals surface area (Å²) in [5, 5.41) is 2.77. The number of rotatable bonds is 4. The number of nitrogens with zero attached hydrogens (tertiary/aromatic N) is 1. The molecule has 4 heteroatoms. The third kappa shape index (κ3) is 3.88. The maximum Gasteiger partial charge on any atom is 0.228 e. The molecule has 0 aliphatic carbocycles. The maximum atomic E-state index is 13.1. The standard InChI is InChI=1S/C16H17FN2O/c1-11(9-13-6-4-7-14(17)10-13)16(20)19-15-8-3-5-12(2)18-15/h3-8,10-11H,9H2,1-2H3,(H,18,19,20). The van der Waals surface area contributed by atoms with Crippen LogP contribution in [0, 0.1) is 18.7 Å². The summed E-state index contributed by atoms with van der Waals surface area (Å²) in [5.41, 5.74) is 1.66. The van der Waals surface area contributed by atoms with Crippen LogP contribution in [0.5, 0.6) is 0 Å². The first-order valence-electron chi connectivity index (χ1n) is 6.53. The fourth-order valence-corrected chi connectivity index (χ4v) is 1.97. The van der Waals surface area contributed by atoms with Crippen LogP contribution in [0.15, 0.2) is 42.5 Å². The Bertz CT molecular complexity index is 613. The van der Waals surface area contributed by atoms with Gasteiger partial charge in [-0.05, 0) is 43.2 Å². The van der Waals surface area contributed by atoms with Gasteiger partial charge in [0, 0.05) is 11.6 Å². The number of nitrogens with one attached hydrogen (secondary N) is 1. The van der Waals surface area contributed by atoms with Gasteiger partial charge in [-0.25, -0.2) is 9.37 Å². The van der Waals surface area contributed by atoms with Gasteiger partial charge in [-0.15, -0.1) is 0 Å². The monoisotopic (exact) mass is 272 g/mol. The molecule has 3 nitrogen and oxygen atoms in total. The number of benzene rings is 1. The van der Waals surface area contributed by atoms with Crippen LogP contribution in [0.2, 0.25) is 0 Å². The van der Waals surface area contributed by atoms with Gasteiger partial charge in [0.25, 0.3) is 0 Å². The molecule has 1 aromatic heterocycles. The quantitative estimate of drug-likeness (QED) is 0.927. The number of aromatic nitrogens is 1. The molecule has 0 aliphatic rings. The number of amides is 1. The SMILES string of the molecule is Cc1cccc(NC(=O)C(C)Cc2cccc(F)c2)n1. The van der Waals surface area contributed by atoms with Crippen molar-refractivity contribution in [3.8, 4) is 0 Å². The van der Waals surface area contributed by atoms with Gasteiger partial charge in [-0.3, -0.25) is 4.79 Å². The highest BCUT2D eigenvalue weighted by Crippen LogP contribution is 2.13. The Morgan fingerprint density at radius 3 is 2.75 bits per heavy atom. The number of pyridine rings is 1. The number of halogens is 1. The van der Waals surface area contributed by atoms with Gasteiger partial charge in [-0.1, -0.05) is 25.1 Å². The molecule has 1 aromatic carbocycles. The molecule has 20 heavy (non-hydrogen) atoms. The number of anilines is 1. The average Bonchev–Trinajstić information content (AvgIpc) is 2.38. The summed E-state index contributed by atoms with van der Waals surface area (Å²) < 4.78 is 13.1. The van der Waals surface area contributed by atoms with E-state index in [1.807, 2.05) is 32.0 Å². The molecule has 1 unspecified atom stereocenters. The predicted octanol–water partition coefficient (Wildman–Crippen LogP) is 3.35. The van der Waals surface area contributed by atoms with Crippen LogP contribution in [0.3, 0.4) is 0 Å². The molecule has 0 bridgehead atoms. The van der Waals surface area contributed by atoms with Gasteiger partial charge < -0.3 is 5.32 Å². The Hall–Kier alpha value is -2.23. The lowest BCUT2D eigenvalue weighted by atomic mass is 10.0. The van der Waals surface area contributed by atoms with Crippen molar-refractivity contribution in [3.63, 3.8) is 0 Å². The second kappa shape index (κ2) is 6.28. The van der Waals surface area contributed by atoms with Crippen LogP contribution >= 0.6 is 0 Å². The highest BCUT2D eigenvalue weighted by molar-refractivity contribution is 5.91. The summed E-state index contributed by atoms with van der Waals surface area (Å²) >= 11 is 0. The molecular weight excluding hydrogens is 255 g/mol. The summed E-state index contributed by atoms with van der Waals surface area (Å²) in [6.45, 7) is 3.68. The molecule has 0 saturated carbocycles. The molecule has 1 amide bonds. The van der Waals surface area contributed by atoms with E-state index in [4.69, 9.17) is 0 Å². The summed E-state index contributed by atoms with van der Waals surface area (Å²) in [7, 11) is 0. The number of hydrogen-bond acceptors (Lipinski definition) is 2. The van der Waals surface area contributed by atoms with Crippen molar-refractivity contribution in [2.24, 2.45) is 5.92 Å². The van der Waals surface area contributed by atoms with E-state index >= 15 is 0 Å². The van der Waals surface area contributed by atoms with E-state index in [0.29, 0.717) is 12.2 Å². The van der Waals surface area contributed by atoms with Crippen LogP contribution in [-0.2, 0) is 11.2 Å². The van der Waals surface area contributed by atoms with E-state index in [1.54, 1.807) is 12.1 Å². The third-order valence-electron chi connectivity index (χ3n) is 3.02. The van der Waals surface area contributed by atoms with E-state index in [0.717, 1.165) is 11.3 Å². The van der Waals surface area contributed by atoms with Gasteiger partial charge >= 0.3 is 0 Å². The molecule has 1 N–H and O–H groups in total. The smallest absolute Gasteiger partial charge is 0.228 e. The zero-order valence-corrected chi connectivity index (χ0v) is 11.6. The Morgan fingerprint density at radius 2 is 2.05 bits per heavy atom. The molecule has 0 radical (unpaired) electrons. The molecule has 1 atom stereocenters. The predicted molar refractivity (Wildman–Crippen MR) is 76.9 cm³/mol. The Labute approximate surface area is 117 Å². The second-order valence-corrected chi connectivity index (χ2v) is 4.89. The van der Waals surface area contributed by atoms with Crippen molar-refractivity contribution < 1.29 is 9.18 Å². The number of carbonyl (C=O) groups is 1. The largest absolute Gasteiger partial charge is 0.310 e. The number of carbonyl (C=O) groups excluding carboxylic acids is 1. The van der Waals surface area contributed by atoms with Gasteiger partial charge in [0.05, 0.1) is 0 Å². The topological polar surface area (TPSA) is 42.0 Å². The number of aryl methyl sites for hydroxylation is 1. The minimum Gasteiger partial charge on any atom is -0.310 e. The van der Waals surface area contributed by atoms with Gasteiger partial charge in [0.2, 0.25) is 5.91 Å². The Morgan fingerprint density at radius 1 is 1.30 bits per heavy atom. The van der Waals surface area contributed by atoms with Gasteiger partial charge in [0.1, 0.15) is 11.6 Å². The van der Waals surface area contributed by atoms with Crippen LogP contribution < -0.4 is 5.32 Å². The lowest BCUT2D eigenvalue weighted by Crippen LogP contribution is -2.22. The average molecular weight is 272 g/mol. The zero-order chi connectivity index (χ0) is 14.5. The second-order valence-electron chi connectivity index (χ2n) is 4.89. The van der Waals surface area contributed by atoms with E-state index in [2.05, 4.69) is 10.3 Å². The summed E-state index contributed by atoms with van der Waals surface area (Å²) in [4.78, 5) is 16.3. The molecule has 0 saturated heterocycles. The minimum atomic E-state index is -0.282. The lowest BCUT2D eigenvalue weighted by molar-refractivity contribution is -0.119. The fraction of sp³-hybridized carbons (Fsp3) is 0.250. The van der Waals surface area contributed by atoms with Gasteiger partial charge in [-0.2, -0.15) is 0 Å². The van der Waals surface area contributed by atoms with Crippen LogP contribution in [0.4, 0.5) is 10.2 Å². The highest BCUT2D eigenvalue weighted by atomic mass is 19.1. The first kappa shape index (κ1) is 14.2. The molecule has 2 rings (SSSR count). The summed E-state index contributed by atoms with van der Waals surface area (Å²) in [5.74, 6) is -0.108. The fourth-order valence-electron chi connectivity index (χ4n) is 1.97. The minimum absolute atomic E-state index is 0.118. The van der Waals surface area contributed by atoms with E-state index < -0.39 is 0 Å². The Balaban J connectivity index is 1.98. The van der Waals surface area contributed by atoms with E-state index in [9.17, 15) is 9.18 Å². The lowest BCUT2D eigenvalue weighted by Gasteiger charge is -2.12. The van der Waals surface area contributed by atoms with E-state index in [-0.39, 0.29) is 17.6 Å². The molecule has 0 fully saturated rings. The summed E-state index contributed by atoms with van der Waals surface area (Å²) in [6, 6.07) is 11.8. The molecule has 0 spiro atoms. The normalized spacial score (nSPS) is 11.9. The van der Waals surface area contributed by atoms with Crippen molar-refractivity contribution in [3.05, 3.63) is 59.5 Å². The highest BCUT2D eigenvalue weighted by Gasteiger charge is 2.14. The Kier molecular flexibility index (Phi) is 4.45. The van der Waals surface area contributed by atoms with Crippen molar-refractivity contribution in [2.45, 2.75) is 20.3 Å². The van der Waals surface area contributed by atoms with Crippen molar-refractivity contribution in [1.82, 2.24) is 4.98 Å². The number of hydrogen-bond donors (Lipinski definition) is 1. The maximum absolute atomic E-state index is 13.1. The van der Waals surface area contributed by atoms with Crippen molar-refractivity contribution in [2.75, 3.05) is 5.32 Å². The molecule has 104 valence electrons. The molecule has 2 aromatic rings. The third-order valence-corrected chi connectivity index (χ3v) is 3.02. The van der Waals surface area contributed by atoms with Crippen LogP contribution in [0.1, 0.15) is 18.2 Å². The molecule has 0 aliphatic heterocycles. The van der Waals surface area contributed by atoms with Crippen LogP contribution in [0.25, 0.3) is 0 Å². The first-order chi connectivity index (χ1) is 9.54. The van der Waals surface area contributed by atoms with Gasteiger partial charge in [0.15, 0.2) is 0 Å². The van der Waals surface area contributed by atoms with Crippen molar-refractivity contribution >= 4 is 11.7 Å². The molecule has 1 heterocycles. The summed E-state index contributed by atoms with van der Waals surface area (Å²) in [6.07, 6.45) is 0.495. The molecular formula is C16H17FN2O.